The third-order valence-corrected chi connectivity index (χ3v) is 1.78. The molecule has 0 unspecified atom stereocenters. The van der Waals surface area contributed by atoms with Crippen molar-refractivity contribution >= 4 is 5.91 Å². The Balaban J connectivity index is 2.73. The first-order valence-corrected chi connectivity index (χ1v) is 4.77. The van der Waals surface area contributed by atoms with Gasteiger partial charge in [0.15, 0.2) is 0 Å². The Hall–Kier alpha value is -1.93. The average Bonchev–Trinajstić information content (AvgIpc) is 2.23. The van der Waals surface area contributed by atoms with Gasteiger partial charge in [-0.1, -0.05) is 6.07 Å². The molecule has 0 aliphatic carbocycles. The van der Waals surface area contributed by atoms with Crippen molar-refractivity contribution in [3.8, 4) is 5.75 Å². The fourth-order valence-electron chi connectivity index (χ4n) is 1.12. The van der Waals surface area contributed by atoms with Gasteiger partial charge in [-0.25, -0.2) is 0 Å². The predicted octanol–water partition coefficient (Wildman–Crippen LogP) is 2.88. The summed E-state index contributed by atoms with van der Waals surface area (Å²) in [4.78, 5) is 11.3. The summed E-state index contributed by atoms with van der Waals surface area (Å²) in [6.45, 7) is -1.57. The standard InChI is InChI=1S/C10H7F6NO2/c11-9(12,13)5-17-8(18)6-2-1-3-7(4-6)19-10(14,15)16/h1-4H,5H2,(H,17,18). The third kappa shape index (κ3) is 5.98. The molecule has 0 bridgehead atoms. The number of benzene rings is 1. The Bertz CT molecular complexity index is 454. The number of carbonyl (C=O) groups excluding carboxylic acids is 1. The number of hydrogen-bond donors (Lipinski definition) is 1. The van der Waals surface area contributed by atoms with E-state index in [2.05, 4.69) is 4.74 Å². The molecule has 9 heteroatoms. The molecule has 0 fully saturated rings. The van der Waals surface area contributed by atoms with Gasteiger partial charge in [-0.05, 0) is 18.2 Å². The molecular formula is C10H7F6NO2. The fraction of sp³-hybridized carbons (Fsp3) is 0.300. The monoisotopic (exact) mass is 287 g/mol. The summed E-state index contributed by atoms with van der Waals surface area (Å²) in [6.07, 6.45) is -9.54. The Morgan fingerprint density at radius 1 is 1.16 bits per heavy atom. The lowest BCUT2D eigenvalue weighted by atomic mass is 10.2. The van der Waals surface area contributed by atoms with Gasteiger partial charge in [-0.2, -0.15) is 13.2 Å². The summed E-state index contributed by atoms with van der Waals surface area (Å²) < 4.78 is 74.8. The highest BCUT2D eigenvalue weighted by molar-refractivity contribution is 5.94. The van der Waals surface area contributed by atoms with Gasteiger partial charge in [-0.3, -0.25) is 4.79 Å². The molecule has 19 heavy (non-hydrogen) atoms. The van der Waals surface area contributed by atoms with Crippen molar-refractivity contribution in [1.82, 2.24) is 5.32 Å². The van der Waals surface area contributed by atoms with Gasteiger partial charge >= 0.3 is 12.5 Å². The summed E-state index contributed by atoms with van der Waals surface area (Å²) >= 11 is 0. The van der Waals surface area contributed by atoms with E-state index in [4.69, 9.17) is 0 Å². The zero-order chi connectivity index (χ0) is 14.7. The maximum absolute atomic E-state index is 11.9. The van der Waals surface area contributed by atoms with Gasteiger partial charge < -0.3 is 10.1 Å². The lowest BCUT2D eigenvalue weighted by Gasteiger charge is -2.11. The first kappa shape index (κ1) is 15.1. The predicted molar refractivity (Wildman–Crippen MR) is 51.5 cm³/mol. The van der Waals surface area contributed by atoms with Crippen LogP contribution in [0.2, 0.25) is 0 Å². The van der Waals surface area contributed by atoms with E-state index in [0.29, 0.717) is 6.07 Å². The average molecular weight is 287 g/mol. The van der Waals surface area contributed by atoms with Crippen LogP contribution in [0, 0.1) is 0 Å². The number of ether oxygens (including phenoxy) is 1. The molecule has 0 spiro atoms. The lowest BCUT2D eigenvalue weighted by Crippen LogP contribution is -2.33. The quantitative estimate of drug-likeness (QED) is 0.868. The summed E-state index contributed by atoms with van der Waals surface area (Å²) in [5, 5.41) is 1.53. The van der Waals surface area contributed by atoms with Gasteiger partial charge in [-0.15, -0.1) is 13.2 Å². The van der Waals surface area contributed by atoms with Crippen LogP contribution in [0.3, 0.4) is 0 Å². The van der Waals surface area contributed by atoms with Crippen molar-refractivity contribution in [3.05, 3.63) is 29.8 Å². The molecule has 0 saturated carbocycles. The Kier molecular flexibility index (Phi) is 4.28. The van der Waals surface area contributed by atoms with E-state index in [9.17, 15) is 31.1 Å². The molecule has 0 radical (unpaired) electrons. The molecule has 1 amide bonds. The second-order valence-corrected chi connectivity index (χ2v) is 3.37. The summed E-state index contributed by atoms with van der Waals surface area (Å²) in [5.74, 6) is -1.84. The maximum Gasteiger partial charge on any atom is 0.573 e. The first-order chi connectivity index (χ1) is 8.57. The maximum atomic E-state index is 11.9. The van der Waals surface area contributed by atoms with Crippen LogP contribution < -0.4 is 10.1 Å². The minimum atomic E-state index is -4.94. The molecule has 0 heterocycles. The van der Waals surface area contributed by atoms with Crippen LogP contribution in [0.4, 0.5) is 26.3 Å². The van der Waals surface area contributed by atoms with E-state index < -0.39 is 30.7 Å². The van der Waals surface area contributed by atoms with Gasteiger partial charge in [0.25, 0.3) is 5.91 Å². The highest BCUT2D eigenvalue weighted by Crippen LogP contribution is 2.23. The van der Waals surface area contributed by atoms with E-state index in [1.807, 2.05) is 0 Å². The van der Waals surface area contributed by atoms with Crippen LogP contribution in [0.25, 0.3) is 0 Å². The topological polar surface area (TPSA) is 38.3 Å². The molecule has 1 aromatic rings. The van der Waals surface area contributed by atoms with Crippen molar-refractivity contribution in [2.45, 2.75) is 12.5 Å². The normalized spacial score (nSPS) is 12.1. The SMILES string of the molecule is O=C(NCC(F)(F)F)c1cccc(OC(F)(F)F)c1. The number of amides is 1. The zero-order valence-electron chi connectivity index (χ0n) is 9.10. The molecule has 1 rings (SSSR count). The third-order valence-electron chi connectivity index (χ3n) is 1.78. The van der Waals surface area contributed by atoms with Crippen molar-refractivity contribution < 1.29 is 35.9 Å². The smallest absolute Gasteiger partial charge is 0.406 e. The van der Waals surface area contributed by atoms with E-state index in [1.54, 1.807) is 0 Å². The van der Waals surface area contributed by atoms with Crippen molar-refractivity contribution in [2.24, 2.45) is 0 Å². The fourth-order valence-corrected chi connectivity index (χ4v) is 1.12. The molecular weight excluding hydrogens is 280 g/mol. The first-order valence-electron chi connectivity index (χ1n) is 4.77. The summed E-state index contributed by atoms with van der Waals surface area (Å²) in [7, 11) is 0. The van der Waals surface area contributed by atoms with Gasteiger partial charge in [0.2, 0.25) is 0 Å². The van der Waals surface area contributed by atoms with Crippen LogP contribution in [0.15, 0.2) is 24.3 Å². The molecule has 0 saturated heterocycles. The second-order valence-electron chi connectivity index (χ2n) is 3.37. The number of rotatable bonds is 3. The van der Waals surface area contributed by atoms with E-state index in [-0.39, 0.29) is 5.56 Å². The van der Waals surface area contributed by atoms with Crippen molar-refractivity contribution in [1.29, 1.82) is 0 Å². The minimum Gasteiger partial charge on any atom is -0.406 e. The number of nitrogens with one attached hydrogen (secondary N) is 1. The van der Waals surface area contributed by atoms with E-state index in [0.717, 1.165) is 18.2 Å². The molecule has 0 aliphatic heterocycles. The number of hydrogen-bond acceptors (Lipinski definition) is 2. The van der Waals surface area contributed by atoms with Gasteiger partial charge in [0, 0.05) is 5.56 Å². The molecule has 0 atom stereocenters. The molecule has 106 valence electrons. The molecule has 1 aromatic carbocycles. The largest absolute Gasteiger partial charge is 0.573 e. The van der Waals surface area contributed by atoms with Crippen molar-refractivity contribution in [3.63, 3.8) is 0 Å². The Labute approximate surface area is 103 Å². The molecule has 0 aliphatic rings. The van der Waals surface area contributed by atoms with Crippen molar-refractivity contribution in [2.75, 3.05) is 6.54 Å². The summed E-state index contributed by atoms with van der Waals surface area (Å²) in [5.41, 5.74) is -0.369. The number of alkyl halides is 6. The Morgan fingerprint density at radius 3 is 2.32 bits per heavy atom. The van der Waals surface area contributed by atoms with Gasteiger partial charge in [0.05, 0.1) is 0 Å². The Morgan fingerprint density at radius 2 is 1.79 bits per heavy atom. The van der Waals surface area contributed by atoms with Crippen LogP contribution >= 0.6 is 0 Å². The molecule has 1 N–H and O–H groups in total. The highest BCUT2D eigenvalue weighted by atomic mass is 19.4. The minimum absolute atomic E-state index is 0.369. The zero-order valence-corrected chi connectivity index (χ0v) is 9.10. The molecule has 3 nitrogen and oxygen atoms in total. The number of halogens is 6. The van der Waals surface area contributed by atoms with Gasteiger partial charge in [0.1, 0.15) is 12.3 Å². The van der Waals surface area contributed by atoms with E-state index in [1.165, 1.54) is 5.32 Å². The molecule has 0 aromatic heterocycles. The van der Waals surface area contributed by atoms with Crippen LogP contribution in [0.1, 0.15) is 10.4 Å². The second kappa shape index (κ2) is 5.37. The lowest BCUT2D eigenvalue weighted by molar-refractivity contribution is -0.274. The summed E-state index contributed by atoms with van der Waals surface area (Å²) in [6, 6.07) is 3.74. The highest BCUT2D eigenvalue weighted by Gasteiger charge is 2.31. The van der Waals surface area contributed by atoms with Crippen LogP contribution in [0.5, 0.6) is 5.75 Å². The number of carbonyl (C=O) groups is 1. The van der Waals surface area contributed by atoms with E-state index >= 15 is 0 Å². The van der Waals surface area contributed by atoms with Crippen LogP contribution in [-0.2, 0) is 0 Å². The van der Waals surface area contributed by atoms with Crippen LogP contribution in [-0.4, -0.2) is 25.0 Å².